The number of aliphatic carboxylic acids is 1. The molecule has 0 heterocycles. The average Bonchev–Trinajstić information content (AvgIpc) is 2.60. The quantitative estimate of drug-likeness (QED) is 0.799. The van der Waals surface area contributed by atoms with E-state index < -0.39 is 24.3 Å². The fourth-order valence-electron chi connectivity index (χ4n) is 2.32. The van der Waals surface area contributed by atoms with E-state index in [1.165, 1.54) is 17.0 Å². The van der Waals surface area contributed by atoms with E-state index in [9.17, 15) is 22.8 Å². The molecule has 2 rings (SSSR count). The van der Waals surface area contributed by atoms with Crippen LogP contribution in [0, 0.1) is 0 Å². The lowest BCUT2D eigenvalue weighted by atomic mass is 10.1. The zero-order chi connectivity index (χ0) is 20.0. The summed E-state index contributed by atoms with van der Waals surface area (Å²) in [6.45, 7) is -0.135. The number of carbonyl (C=O) groups excluding carboxylic acids is 1. The number of hydrogen-bond acceptors (Lipinski definition) is 3. The van der Waals surface area contributed by atoms with Gasteiger partial charge in [-0.05, 0) is 35.4 Å². The Hall–Kier alpha value is -3.03. The number of rotatable bonds is 7. The second-order valence-corrected chi connectivity index (χ2v) is 5.95. The zero-order valence-electron chi connectivity index (χ0n) is 14.5. The maximum absolute atomic E-state index is 12.6. The highest BCUT2D eigenvalue weighted by Crippen LogP contribution is 2.29. The number of benzene rings is 2. The standard InChI is InChI=1S/C19H18F3NO4/c1-23(11-14-4-8-16(9-5-14)27-12-18(25)26)17(24)10-13-2-6-15(7-3-13)19(20,21)22/h2-9H,10-12H2,1H3,(H,25,26). The summed E-state index contributed by atoms with van der Waals surface area (Å²) in [5.74, 6) is -0.909. The third kappa shape index (κ3) is 6.32. The highest BCUT2D eigenvalue weighted by molar-refractivity contribution is 5.78. The minimum absolute atomic E-state index is 0.00551. The van der Waals surface area contributed by atoms with Gasteiger partial charge in [-0.15, -0.1) is 0 Å². The van der Waals surface area contributed by atoms with Crippen molar-refractivity contribution in [1.29, 1.82) is 0 Å². The van der Waals surface area contributed by atoms with Crippen molar-refractivity contribution >= 4 is 11.9 Å². The number of hydrogen-bond donors (Lipinski definition) is 1. The molecule has 5 nitrogen and oxygen atoms in total. The molecule has 0 saturated carbocycles. The van der Waals surface area contributed by atoms with Crippen molar-refractivity contribution in [3.05, 3.63) is 65.2 Å². The molecule has 2 aromatic carbocycles. The minimum atomic E-state index is -4.40. The van der Waals surface area contributed by atoms with Crippen LogP contribution in [0.3, 0.4) is 0 Å². The molecule has 0 unspecified atom stereocenters. The number of carbonyl (C=O) groups is 2. The summed E-state index contributed by atoms with van der Waals surface area (Å²) in [4.78, 5) is 24.2. The number of carboxylic acids is 1. The van der Waals surface area contributed by atoms with E-state index in [-0.39, 0.29) is 12.3 Å². The van der Waals surface area contributed by atoms with Crippen LogP contribution < -0.4 is 4.74 Å². The number of likely N-dealkylation sites (N-methyl/N-ethyl adjacent to an activating group) is 1. The Bertz CT molecular complexity index is 786. The summed E-state index contributed by atoms with van der Waals surface area (Å²) in [6, 6.07) is 11.1. The van der Waals surface area contributed by atoms with Crippen LogP contribution in [-0.2, 0) is 28.7 Å². The zero-order valence-corrected chi connectivity index (χ0v) is 14.5. The van der Waals surface area contributed by atoms with Gasteiger partial charge in [-0.25, -0.2) is 4.79 Å². The van der Waals surface area contributed by atoms with Gasteiger partial charge in [-0.1, -0.05) is 24.3 Å². The SMILES string of the molecule is CN(Cc1ccc(OCC(=O)O)cc1)C(=O)Cc1ccc(C(F)(F)F)cc1. The van der Waals surface area contributed by atoms with Crippen LogP contribution in [0.5, 0.6) is 5.75 Å². The van der Waals surface area contributed by atoms with Crippen molar-refractivity contribution in [2.45, 2.75) is 19.1 Å². The third-order valence-electron chi connectivity index (χ3n) is 3.77. The molecular formula is C19H18F3NO4. The normalized spacial score (nSPS) is 11.1. The van der Waals surface area contributed by atoms with E-state index in [1.54, 1.807) is 31.3 Å². The Morgan fingerprint density at radius 1 is 1.00 bits per heavy atom. The van der Waals surface area contributed by atoms with E-state index in [2.05, 4.69) is 0 Å². The first-order valence-corrected chi connectivity index (χ1v) is 7.99. The van der Waals surface area contributed by atoms with Crippen molar-refractivity contribution < 1.29 is 32.6 Å². The summed E-state index contributed by atoms with van der Waals surface area (Å²) in [5.41, 5.74) is 0.551. The fraction of sp³-hybridized carbons (Fsp3) is 0.263. The molecular weight excluding hydrogens is 363 g/mol. The van der Waals surface area contributed by atoms with Crippen molar-refractivity contribution in [2.24, 2.45) is 0 Å². The molecule has 27 heavy (non-hydrogen) atoms. The van der Waals surface area contributed by atoms with E-state index in [0.717, 1.165) is 17.7 Å². The van der Waals surface area contributed by atoms with Crippen molar-refractivity contribution in [3.63, 3.8) is 0 Å². The lowest BCUT2D eigenvalue weighted by Crippen LogP contribution is -2.27. The van der Waals surface area contributed by atoms with Crippen LogP contribution in [-0.4, -0.2) is 35.5 Å². The lowest BCUT2D eigenvalue weighted by Gasteiger charge is -2.18. The first-order valence-electron chi connectivity index (χ1n) is 7.99. The fourth-order valence-corrected chi connectivity index (χ4v) is 2.32. The predicted molar refractivity (Wildman–Crippen MR) is 91.2 cm³/mol. The number of halogens is 3. The minimum Gasteiger partial charge on any atom is -0.482 e. The van der Waals surface area contributed by atoms with Crippen molar-refractivity contribution in [1.82, 2.24) is 4.90 Å². The summed E-state index contributed by atoms with van der Waals surface area (Å²) in [5, 5.41) is 8.56. The predicted octanol–water partition coefficient (Wildman–Crippen LogP) is 3.37. The molecule has 0 bridgehead atoms. The highest BCUT2D eigenvalue weighted by Gasteiger charge is 2.30. The Balaban J connectivity index is 1.90. The molecule has 0 aromatic heterocycles. The topological polar surface area (TPSA) is 66.8 Å². The molecule has 8 heteroatoms. The summed E-state index contributed by atoms with van der Waals surface area (Å²) in [7, 11) is 1.60. The van der Waals surface area contributed by atoms with Crippen LogP contribution in [0.4, 0.5) is 13.2 Å². The second kappa shape index (κ2) is 8.57. The van der Waals surface area contributed by atoms with Gasteiger partial charge in [-0.3, -0.25) is 4.79 Å². The van der Waals surface area contributed by atoms with E-state index in [1.807, 2.05) is 0 Å². The molecule has 0 aliphatic carbocycles. The van der Waals surface area contributed by atoms with E-state index >= 15 is 0 Å². The molecule has 0 fully saturated rings. The van der Waals surface area contributed by atoms with Crippen LogP contribution >= 0.6 is 0 Å². The van der Waals surface area contributed by atoms with Crippen molar-refractivity contribution in [2.75, 3.05) is 13.7 Å². The van der Waals surface area contributed by atoms with Gasteiger partial charge in [-0.2, -0.15) is 13.2 Å². The van der Waals surface area contributed by atoms with Gasteiger partial charge in [0.05, 0.1) is 12.0 Å². The van der Waals surface area contributed by atoms with Crippen LogP contribution in [0.25, 0.3) is 0 Å². The summed E-state index contributed by atoms with van der Waals surface area (Å²) >= 11 is 0. The molecule has 0 aliphatic rings. The van der Waals surface area contributed by atoms with Gasteiger partial charge in [0.15, 0.2) is 6.61 Å². The molecule has 0 spiro atoms. The van der Waals surface area contributed by atoms with Crippen molar-refractivity contribution in [3.8, 4) is 5.75 Å². The Morgan fingerprint density at radius 3 is 2.07 bits per heavy atom. The van der Waals surface area contributed by atoms with Gasteiger partial charge in [0.25, 0.3) is 0 Å². The number of carboxylic acid groups (broad SMARTS) is 1. The number of amides is 1. The van der Waals surface area contributed by atoms with Crippen LogP contribution in [0.15, 0.2) is 48.5 Å². The number of ether oxygens (including phenoxy) is 1. The first-order chi connectivity index (χ1) is 12.6. The first kappa shape index (κ1) is 20.3. The smallest absolute Gasteiger partial charge is 0.416 e. The largest absolute Gasteiger partial charge is 0.482 e. The van der Waals surface area contributed by atoms with E-state index in [0.29, 0.717) is 17.9 Å². The van der Waals surface area contributed by atoms with Crippen LogP contribution in [0.1, 0.15) is 16.7 Å². The lowest BCUT2D eigenvalue weighted by molar-refractivity contribution is -0.139. The molecule has 0 aliphatic heterocycles. The van der Waals surface area contributed by atoms with Gasteiger partial charge >= 0.3 is 12.1 Å². The molecule has 144 valence electrons. The summed E-state index contributed by atoms with van der Waals surface area (Å²) in [6.07, 6.45) is -4.41. The highest BCUT2D eigenvalue weighted by atomic mass is 19.4. The van der Waals surface area contributed by atoms with Crippen LogP contribution in [0.2, 0.25) is 0 Å². The molecule has 2 aromatic rings. The molecule has 0 radical (unpaired) electrons. The molecule has 0 saturated heterocycles. The average molecular weight is 381 g/mol. The Kier molecular flexibility index (Phi) is 6.44. The summed E-state index contributed by atoms with van der Waals surface area (Å²) < 4.78 is 42.7. The third-order valence-corrected chi connectivity index (χ3v) is 3.77. The van der Waals surface area contributed by atoms with Gasteiger partial charge in [0.2, 0.25) is 5.91 Å². The number of nitrogens with zero attached hydrogens (tertiary/aromatic N) is 1. The van der Waals surface area contributed by atoms with Gasteiger partial charge in [0, 0.05) is 13.6 Å². The molecule has 1 amide bonds. The Morgan fingerprint density at radius 2 is 1.56 bits per heavy atom. The van der Waals surface area contributed by atoms with Gasteiger partial charge in [0.1, 0.15) is 5.75 Å². The molecule has 1 N–H and O–H groups in total. The van der Waals surface area contributed by atoms with Gasteiger partial charge < -0.3 is 14.7 Å². The number of alkyl halides is 3. The maximum Gasteiger partial charge on any atom is 0.416 e. The second-order valence-electron chi connectivity index (χ2n) is 5.95. The van der Waals surface area contributed by atoms with E-state index in [4.69, 9.17) is 9.84 Å². The molecule has 0 atom stereocenters. The monoisotopic (exact) mass is 381 g/mol. The maximum atomic E-state index is 12.6. The Labute approximate surface area is 154 Å².